The van der Waals surface area contributed by atoms with E-state index in [1.54, 1.807) is 24.4 Å². The summed E-state index contributed by atoms with van der Waals surface area (Å²) in [5, 5.41) is 3.08. The van der Waals surface area contributed by atoms with E-state index in [2.05, 4.69) is 10.3 Å². The molecule has 2 aromatic rings. The van der Waals surface area contributed by atoms with Crippen molar-refractivity contribution in [3.05, 3.63) is 54.0 Å². The fraction of sp³-hybridized carbons (Fsp3) is 0.0833. The summed E-state index contributed by atoms with van der Waals surface area (Å²) < 4.78 is 12.9. The van der Waals surface area contributed by atoms with Gasteiger partial charge >= 0.3 is 0 Å². The first-order chi connectivity index (χ1) is 7.74. The van der Waals surface area contributed by atoms with Gasteiger partial charge in [0.25, 0.3) is 0 Å². The van der Waals surface area contributed by atoms with Gasteiger partial charge in [-0.2, -0.15) is 0 Å². The largest absolute Gasteiger partial charge is 0.397 e. The van der Waals surface area contributed by atoms with E-state index < -0.39 is 0 Å². The zero-order valence-electron chi connectivity index (χ0n) is 8.65. The quantitative estimate of drug-likeness (QED) is 0.830. The van der Waals surface area contributed by atoms with Crippen LogP contribution in [0, 0.1) is 5.82 Å². The molecule has 0 aliphatic heterocycles. The lowest BCUT2D eigenvalue weighted by molar-refractivity contribution is 0.626. The van der Waals surface area contributed by atoms with E-state index in [0.29, 0.717) is 12.2 Å². The number of hydrogen-bond donors (Lipinski definition) is 2. The highest BCUT2D eigenvalue weighted by molar-refractivity contribution is 5.44. The number of nitrogen functional groups attached to an aromatic ring is 1. The van der Waals surface area contributed by atoms with Gasteiger partial charge in [-0.25, -0.2) is 9.37 Å². The van der Waals surface area contributed by atoms with Crippen molar-refractivity contribution in [1.82, 2.24) is 4.98 Å². The van der Waals surface area contributed by atoms with E-state index in [9.17, 15) is 4.39 Å². The third-order valence-electron chi connectivity index (χ3n) is 2.15. The van der Waals surface area contributed by atoms with Crippen molar-refractivity contribution in [1.29, 1.82) is 0 Å². The number of halogens is 1. The van der Waals surface area contributed by atoms with Crippen LogP contribution in [0.2, 0.25) is 0 Å². The first-order valence-corrected chi connectivity index (χ1v) is 4.94. The maximum absolute atomic E-state index is 12.9. The average Bonchev–Trinajstić information content (AvgIpc) is 2.28. The maximum Gasteiger partial charge on any atom is 0.126 e. The van der Waals surface area contributed by atoms with Crippen molar-refractivity contribution in [3.8, 4) is 0 Å². The summed E-state index contributed by atoms with van der Waals surface area (Å²) in [5.74, 6) is 0.489. The molecule has 2 rings (SSSR count). The van der Waals surface area contributed by atoms with Crippen LogP contribution in [0.1, 0.15) is 5.56 Å². The van der Waals surface area contributed by atoms with Crippen LogP contribution in [-0.4, -0.2) is 4.98 Å². The van der Waals surface area contributed by atoms with E-state index in [1.807, 2.05) is 6.07 Å². The Balaban J connectivity index is 1.99. The Morgan fingerprint density at radius 3 is 2.81 bits per heavy atom. The Bertz CT molecular complexity index is 468. The summed E-state index contributed by atoms with van der Waals surface area (Å²) in [7, 11) is 0. The Morgan fingerprint density at radius 2 is 2.12 bits per heavy atom. The first kappa shape index (κ1) is 10.4. The third-order valence-corrected chi connectivity index (χ3v) is 2.15. The minimum absolute atomic E-state index is 0.232. The van der Waals surface area contributed by atoms with Crippen molar-refractivity contribution in [2.24, 2.45) is 0 Å². The molecule has 0 unspecified atom stereocenters. The van der Waals surface area contributed by atoms with E-state index >= 15 is 0 Å². The number of rotatable bonds is 3. The molecule has 0 bridgehead atoms. The van der Waals surface area contributed by atoms with Crippen molar-refractivity contribution in [2.75, 3.05) is 11.1 Å². The number of hydrogen-bond acceptors (Lipinski definition) is 3. The van der Waals surface area contributed by atoms with E-state index in [0.717, 1.165) is 11.4 Å². The molecule has 3 N–H and O–H groups in total. The molecule has 0 amide bonds. The molecule has 0 fully saturated rings. The minimum Gasteiger partial charge on any atom is -0.397 e. The highest BCUT2D eigenvalue weighted by Gasteiger charge is 1.96. The number of benzene rings is 1. The topological polar surface area (TPSA) is 50.9 Å². The lowest BCUT2D eigenvalue weighted by atomic mass is 10.2. The summed E-state index contributed by atoms with van der Waals surface area (Å²) in [6, 6.07) is 10.0. The van der Waals surface area contributed by atoms with Crippen LogP contribution in [0.4, 0.5) is 15.9 Å². The fourth-order valence-electron chi connectivity index (χ4n) is 1.35. The smallest absolute Gasteiger partial charge is 0.126 e. The molecule has 1 heterocycles. The van der Waals surface area contributed by atoms with Gasteiger partial charge in [-0.05, 0) is 29.8 Å². The van der Waals surface area contributed by atoms with Crippen molar-refractivity contribution in [3.63, 3.8) is 0 Å². The van der Waals surface area contributed by atoms with E-state index in [-0.39, 0.29) is 5.82 Å². The van der Waals surface area contributed by atoms with Gasteiger partial charge in [0.15, 0.2) is 0 Å². The molecule has 0 spiro atoms. The number of anilines is 2. The van der Waals surface area contributed by atoms with Gasteiger partial charge in [0, 0.05) is 6.54 Å². The average molecular weight is 217 g/mol. The molecule has 1 aromatic heterocycles. The number of nitrogens with one attached hydrogen (secondary N) is 1. The standard InChI is InChI=1S/C12H12FN3/c13-10-3-1-2-9(6-10)7-15-12-5-4-11(14)8-16-12/h1-6,8H,7,14H2,(H,15,16). The van der Waals surface area contributed by atoms with Gasteiger partial charge in [-0.15, -0.1) is 0 Å². The number of nitrogens with two attached hydrogens (primary N) is 1. The van der Waals surface area contributed by atoms with Crippen LogP contribution in [0.15, 0.2) is 42.6 Å². The number of nitrogens with zero attached hydrogens (tertiary/aromatic N) is 1. The highest BCUT2D eigenvalue weighted by atomic mass is 19.1. The zero-order chi connectivity index (χ0) is 11.4. The predicted octanol–water partition coefficient (Wildman–Crippen LogP) is 2.42. The summed E-state index contributed by atoms with van der Waals surface area (Å²) in [5.41, 5.74) is 7.01. The van der Waals surface area contributed by atoms with E-state index in [4.69, 9.17) is 5.73 Å². The van der Waals surface area contributed by atoms with Crippen LogP contribution in [-0.2, 0) is 6.54 Å². The second-order valence-electron chi connectivity index (χ2n) is 3.46. The van der Waals surface area contributed by atoms with Gasteiger partial charge in [0.05, 0.1) is 11.9 Å². The number of pyridine rings is 1. The molecule has 0 aliphatic rings. The predicted molar refractivity (Wildman–Crippen MR) is 62.4 cm³/mol. The summed E-state index contributed by atoms with van der Waals surface area (Å²) >= 11 is 0. The van der Waals surface area contributed by atoms with Crippen LogP contribution >= 0.6 is 0 Å². The van der Waals surface area contributed by atoms with Crippen LogP contribution in [0.25, 0.3) is 0 Å². The molecule has 0 aliphatic carbocycles. The summed E-state index contributed by atoms with van der Waals surface area (Å²) in [6.07, 6.45) is 1.58. The van der Waals surface area contributed by atoms with Gasteiger partial charge in [0.1, 0.15) is 11.6 Å². The molecule has 4 heteroatoms. The lowest BCUT2D eigenvalue weighted by Crippen LogP contribution is -2.01. The normalized spacial score (nSPS) is 10.1. The van der Waals surface area contributed by atoms with Gasteiger partial charge in [0.2, 0.25) is 0 Å². The van der Waals surface area contributed by atoms with Crippen LogP contribution in [0.3, 0.4) is 0 Å². The van der Waals surface area contributed by atoms with E-state index in [1.165, 1.54) is 12.1 Å². The van der Waals surface area contributed by atoms with Crippen molar-refractivity contribution < 1.29 is 4.39 Å². The minimum atomic E-state index is -0.232. The maximum atomic E-state index is 12.9. The second kappa shape index (κ2) is 4.61. The first-order valence-electron chi connectivity index (χ1n) is 4.94. The van der Waals surface area contributed by atoms with Crippen molar-refractivity contribution in [2.45, 2.75) is 6.54 Å². The molecular formula is C12H12FN3. The Morgan fingerprint density at radius 1 is 1.25 bits per heavy atom. The zero-order valence-corrected chi connectivity index (χ0v) is 8.65. The highest BCUT2D eigenvalue weighted by Crippen LogP contribution is 2.09. The number of aromatic nitrogens is 1. The molecule has 0 atom stereocenters. The molecule has 0 radical (unpaired) electrons. The van der Waals surface area contributed by atoms with Gasteiger partial charge in [-0.3, -0.25) is 0 Å². The van der Waals surface area contributed by atoms with Gasteiger partial charge in [-0.1, -0.05) is 12.1 Å². The third kappa shape index (κ3) is 2.70. The molecule has 82 valence electrons. The van der Waals surface area contributed by atoms with Crippen molar-refractivity contribution >= 4 is 11.5 Å². The monoisotopic (exact) mass is 217 g/mol. The Hall–Kier alpha value is -2.10. The molecule has 16 heavy (non-hydrogen) atoms. The molecule has 0 saturated carbocycles. The summed E-state index contributed by atoms with van der Waals surface area (Å²) in [4.78, 5) is 4.09. The van der Waals surface area contributed by atoms with Crippen LogP contribution in [0.5, 0.6) is 0 Å². The summed E-state index contributed by atoms with van der Waals surface area (Å²) in [6.45, 7) is 0.536. The lowest BCUT2D eigenvalue weighted by Gasteiger charge is -2.05. The molecule has 0 saturated heterocycles. The van der Waals surface area contributed by atoms with Gasteiger partial charge < -0.3 is 11.1 Å². The molecule has 3 nitrogen and oxygen atoms in total. The Kier molecular flexibility index (Phi) is 3.00. The second-order valence-corrected chi connectivity index (χ2v) is 3.46. The SMILES string of the molecule is Nc1ccc(NCc2cccc(F)c2)nc1. The van der Waals surface area contributed by atoms with Crippen LogP contribution < -0.4 is 11.1 Å². The molecular weight excluding hydrogens is 205 g/mol. The Labute approximate surface area is 93.1 Å². The molecule has 1 aromatic carbocycles. The fourth-order valence-corrected chi connectivity index (χ4v) is 1.35.